The van der Waals surface area contributed by atoms with Crippen LogP contribution in [0.2, 0.25) is 0 Å². The van der Waals surface area contributed by atoms with Gasteiger partial charge in [-0.25, -0.2) is 0 Å². The van der Waals surface area contributed by atoms with Crippen molar-refractivity contribution >= 4 is 32.3 Å². The quantitative estimate of drug-likeness (QED) is 0.415. The summed E-state index contributed by atoms with van der Waals surface area (Å²) in [5.41, 5.74) is 11.4. The molecular weight excluding hydrogens is 368 g/mol. The van der Waals surface area contributed by atoms with Gasteiger partial charge in [-0.05, 0) is 66.0 Å². The van der Waals surface area contributed by atoms with Crippen molar-refractivity contribution in [1.82, 2.24) is 4.98 Å². The molecule has 0 fully saturated rings. The van der Waals surface area contributed by atoms with E-state index < -0.39 is 0 Å². The van der Waals surface area contributed by atoms with E-state index in [1.165, 1.54) is 16.9 Å². The first-order valence-corrected chi connectivity index (χ1v) is 10.5. The zero-order valence-corrected chi connectivity index (χ0v) is 16.7. The molecule has 1 unspecified atom stereocenters. The lowest BCUT2D eigenvalue weighted by Crippen LogP contribution is -2.06. The minimum absolute atomic E-state index is 0.00877. The van der Waals surface area contributed by atoms with E-state index in [0.29, 0.717) is 0 Å². The number of pyridine rings is 1. The molecule has 2 aromatic heterocycles. The lowest BCUT2D eigenvalue weighted by molar-refractivity contribution is 0.284. The number of rotatable bonds is 6. The van der Waals surface area contributed by atoms with Crippen LogP contribution in [-0.4, -0.2) is 16.7 Å². The molecule has 5 heteroatoms. The number of nitrogens with one attached hydrogen (secondary N) is 1. The highest BCUT2D eigenvalue weighted by molar-refractivity contribution is 7.17. The second-order valence-corrected chi connectivity index (χ2v) is 8.15. The maximum Gasteiger partial charge on any atom is 0.266 e. The van der Waals surface area contributed by atoms with Crippen LogP contribution < -0.4 is 11.3 Å². The maximum atomic E-state index is 12.4. The fourth-order valence-corrected chi connectivity index (χ4v) is 4.60. The molecule has 0 aliphatic rings. The van der Waals surface area contributed by atoms with E-state index in [-0.39, 0.29) is 18.2 Å². The van der Waals surface area contributed by atoms with Gasteiger partial charge in [-0.15, -0.1) is 11.3 Å². The van der Waals surface area contributed by atoms with E-state index in [0.717, 1.165) is 56.9 Å². The Bertz CT molecular complexity index is 1170. The average molecular weight is 393 g/mol. The van der Waals surface area contributed by atoms with Crippen molar-refractivity contribution in [2.45, 2.75) is 32.2 Å². The van der Waals surface area contributed by atoms with E-state index >= 15 is 0 Å². The molecular formula is C23H24N2O2S. The van der Waals surface area contributed by atoms with Gasteiger partial charge in [-0.3, -0.25) is 4.79 Å². The van der Waals surface area contributed by atoms with E-state index in [2.05, 4.69) is 35.3 Å². The lowest BCUT2D eigenvalue weighted by atomic mass is 9.90. The summed E-state index contributed by atoms with van der Waals surface area (Å²) < 4.78 is 0.758. The summed E-state index contributed by atoms with van der Waals surface area (Å²) >= 11 is 1.47. The third kappa shape index (κ3) is 3.37. The van der Waals surface area contributed by atoms with Crippen LogP contribution in [0.4, 0.5) is 0 Å². The van der Waals surface area contributed by atoms with E-state index in [9.17, 15) is 9.90 Å². The van der Waals surface area contributed by atoms with Crippen molar-refractivity contribution in [1.29, 1.82) is 0 Å². The van der Waals surface area contributed by atoms with E-state index in [1.54, 1.807) is 0 Å². The summed E-state index contributed by atoms with van der Waals surface area (Å²) in [5.74, 6) is 0. The van der Waals surface area contributed by atoms with Crippen LogP contribution in [0.5, 0.6) is 0 Å². The number of aromatic nitrogens is 1. The molecule has 0 aliphatic carbocycles. The topological polar surface area (TPSA) is 79.1 Å². The SMILES string of the molecule is CC(N)c1ccc(-c2c(CCCCO)ccc3[nH]c(=O)c4sccc4c23)cc1. The largest absolute Gasteiger partial charge is 0.396 e. The van der Waals surface area contributed by atoms with E-state index in [1.807, 2.05) is 24.4 Å². The number of fused-ring (bicyclic) bond motifs is 3. The third-order valence-electron chi connectivity index (χ3n) is 5.26. The molecule has 0 saturated carbocycles. The smallest absolute Gasteiger partial charge is 0.266 e. The van der Waals surface area contributed by atoms with E-state index in [4.69, 9.17) is 5.73 Å². The van der Waals surface area contributed by atoms with Crippen molar-refractivity contribution in [3.8, 4) is 11.1 Å². The normalized spacial score (nSPS) is 12.7. The van der Waals surface area contributed by atoms with Crippen LogP contribution in [0.15, 0.2) is 52.6 Å². The number of benzene rings is 2. The Morgan fingerprint density at radius 3 is 2.61 bits per heavy atom. The number of unbranched alkanes of at least 4 members (excludes halogenated alkanes) is 1. The van der Waals surface area contributed by atoms with Gasteiger partial charge in [-0.2, -0.15) is 0 Å². The molecule has 4 aromatic rings. The first kappa shape index (κ1) is 18.9. The van der Waals surface area contributed by atoms with Gasteiger partial charge in [0.15, 0.2) is 0 Å². The van der Waals surface area contributed by atoms with Crippen LogP contribution in [0.3, 0.4) is 0 Å². The van der Waals surface area contributed by atoms with Crippen molar-refractivity contribution < 1.29 is 5.11 Å². The summed E-state index contributed by atoms with van der Waals surface area (Å²) in [6.07, 6.45) is 2.58. The van der Waals surface area contributed by atoms with Crippen molar-refractivity contribution in [2.24, 2.45) is 5.73 Å². The third-order valence-corrected chi connectivity index (χ3v) is 6.17. The predicted octanol–water partition coefficient (Wildman–Crippen LogP) is 4.74. The second-order valence-electron chi connectivity index (χ2n) is 7.23. The molecule has 1 atom stereocenters. The Morgan fingerprint density at radius 1 is 1.11 bits per heavy atom. The molecule has 0 radical (unpaired) electrons. The van der Waals surface area contributed by atoms with Gasteiger partial charge in [0.25, 0.3) is 5.56 Å². The maximum absolute atomic E-state index is 12.4. The number of H-pyrrole nitrogens is 1. The fraction of sp³-hybridized carbons (Fsp3) is 0.261. The zero-order valence-electron chi connectivity index (χ0n) is 15.9. The molecule has 28 heavy (non-hydrogen) atoms. The van der Waals surface area contributed by atoms with Gasteiger partial charge in [0.2, 0.25) is 0 Å². The number of aliphatic hydroxyl groups is 1. The Kier molecular flexibility index (Phi) is 5.31. The predicted molar refractivity (Wildman–Crippen MR) is 118 cm³/mol. The Balaban J connectivity index is 1.99. The van der Waals surface area contributed by atoms with Crippen LogP contribution in [0.1, 0.15) is 36.9 Å². The number of aliphatic hydroxyl groups excluding tert-OH is 1. The van der Waals surface area contributed by atoms with Crippen LogP contribution >= 0.6 is 11.3 Å². The first-order valence-electron chi connectivity index (χ1n) is 9.62. The average Bonchev–Trinajstić information content (AvgIpc) is 3.19. The first-order chi connectivity index (χ1) is 13.6. The number of thiophene rings is 1. The molecule has 0 bridgehead atoms. The van der Waals surface area contributed by atoms with Crippen LogP contribution in [0.25, 0.3) is 32.1 Å². The minimum atomic E-state index is -0.0382. The Morgan fingerprint density at radius 2 is 1.89 bits per heavy atom. The van der Waals surface area contributed by atoms with Gasteiger partial charge >= 0.3 is 0 Å². The number of hydrogen-bond acceptors (Lipinski definition) is 4. The fourth-order valence-electron chi connectivity index (χ4n) is 3.81. The lowest BCUT2D eigenvalue weighted by Gasteiger charge is -2.15. The number of nitrogens with two attached hydrogens (primary N) is 1. The summed E-state index contributed by atoms with van der Waals surface area (Å²) in [7, 11) is 0. The van der Waals surface area contributed by atoms with Gasteiger partial charge in [-0.1, -0.05) is 30.3 Å². The zero-order chi connectivity index (χ0) is 19.7. The highest BCUT2D eigenvalue weighted by atomic mass is 32.1. The molecule has 4 N–H and O–H groups in total. The summed E-state index contributed by atoms with van der Waals surface area (Å²) in [6, 6.07) is 14.5. The second kappa shape index (κ2) is 7.87. The monoisotopic (exact) mass is 392 g/mol. The standard InChI is InChI=1S/C23H24N2O2S/c1-14(24)15-5-7-17(8-6-15)20-16(4-2-3-12-26)9-10-19-21(20)18-11-13-28-22(18)23(27)25-19/h5-11,13-14,26H,2-4,12,24H2,1H3,(H,25,27). The van der Waals surface area contributed by atoms with Crippen molar-refractivity contribution in [3.05, 3.63) is 69.3 Å². The van der Waals surface area contributed by atoms with Gasteiger partial charge < -0.3 is 15.8 Å². The summed E-state index contributed by atoms with van der Waals surface area (Å²) in [5, 5.41) is 13.2. The summed E-state index contributed by atoms with van der Waals surface area (Å²) in [6.45, 7) is 2.18. The highest BCUT2D eigenvalue weighted by Gasteiger charge is 2.15. The van der Waals surface area contributed by atoms with Gasteiger partial charge in [0.05, 0.1) is 0 Å². The molecule has 2 heterocycles. The molecule has 144 valence electrons. The highest BCUT2D eigenvalue weighted by Crippen LogP contribution is 2.37. The number of aromatic amines is 1. The van der Waals surface area contributed by atoms with Crippen molar-refractivity contribution in [3.63, 3.8) is 0 Å². The van der Waals surface area contributed by atoms with Crippen LogP contribution in [0, 0.1) is 0 Å². The number of hydrogen-bond donors (Lipinski definition) is 3. The minimum Gasteiger partial charge on any atom is -0.396 e. The Hall–Kier alpha value is -2.47. The molecule has 0 amide bonds. The molecule has 4 nitrogen and oxygen atoms in total. The van der Waals surface area contributed by atoms with Crippen molar-refractivity contribution in [2.75, 3.05) is 6.61 Å². The van der Waals surface area contributed by atoms with Gasteiger partial charge in [0, 0.05) is 28.9 Å². The number of aryl methyl sites for hydroxylation is 1. The molecule has 0 saturated heterocycles. The van der Waals surface area contributed by atoms with Gasteiger partial charge in [0.1, 0.15) is 4.70 Å². The molecule has 0 aliphatic heterocycles. The molecule has 2 aromatic carbocycles. The van der Waals surface area contributed by atoms with Crippen LogP contribution in [-0.2, 0) is 6.42 Å². The molecule has 0 spiro atoms. The molecule has 4 rings (SSSR count). The Labute approximate surface area is 167 Å². The summed E-state index contributed by atoms with van der Waals surface area (Å²) in [4.78, 5) is 15.5.